The maximum Gasteiger partial charge on any atom is 0.306 e. The van der Waals surface area contributed by atoms with Crippen LogP contribution in [0.4, 0.5) is 0 Å². The molecule has 0 heterocycles. The Kier molecular flexibility index (Phi) is 63.2. The molecule has 0 aliphatic carbocycles. The Labute approximate surface area is 479 Å². The van der Waals surface area contributed by atoms with Crippen molar-refractivity contribution < 1.29 is 28.6 Å². The van der Waals surface area contributed by atoms with Gasteiger partial charge in [0.15, 0.2) is 6.10 Å². The number of ether oxygens (including phenoxy) is 3. The van der Waals surface area contributed by atoms with Gasteiger partial charge in [-0.05, 0) is 64.2 Å². The van der Waals surface area contributed by atoms with E-state index in [1.807, 2.05) is 0 Å². The highest BCUT2D eigenvalue weighted by Crippen LogP contribution is 2.18. The highest BCUT2D eigenvalue weighted by molar-refractivity contribution is 5.71. The van der Waals surface area contributed by atoms with Gasteiger partial charge in [0.2, 0.25) is 0 Å². The van der Waals surface area contributed by atoms with Crippen LogP contribution in [0.25, 0.3) is 0 Å². The number of unbranched alkanes of at least 4 members (excludes halogenated alkanes) is 41. The molecule has 0 aromatic carbocycles. The lowest BCUT2D eigenvalue weighted by Crippen LogP contribution is -2.30. The molecule has 0 radical (unpaired) electrons. The van der Waals surface area contributed by atoms with Gasteiger partial charge >= 0.3 is 17.9 Å². The first-order chi connectivity index (χ1) is 38.0. The molecule has 1 atom stereocenters. The van der Waals surface area contributed by atoms with Crippen LogP contribution in [0, 0.1) is 0 Å². The number of carbonyl (C=O) groups is 3. The highest BCUT2D eigenvalue weighted by atomic mass is 16.6. The van der Waals surface area contributed by atoms with Crippen molar-refractivity contribution in [2.75, 3.05) is 13.2 Å². The summed E-state index contributed by atoms with van der Waals surface area (Å²) in [4.78, 5) is 38.4. The molecule has 6 nitrogen and oxygen atoms in total. The molecule has 1 unspecified atom stereocenters. The quantitative estimate of drug-likeness (QED) is 0.0261. The number of hydrogen-bond donors (Lipinski definition) is 0. The third kappa shape index (κ3) is 63.8. The van der Waals surface area contributed by atoms with Gasteiger partial charge in [0.05, 0.1) is 0 Å². The monoisotopic (exact) mass is 1080 g/mol. The van der Waals surface area contributed by atoms with Crippen molar-refractivity contribution in [2.24, 2.45) is 0 Å². The predicted octanol–water partition coefficient (Wildman–Crippen LogP) is 23.1. The van der Waals surface area contributed by atoms with Gasteiger partial charge in [0.25, 0.3) is 0 Å². The van der Waals surface area contributed by atoms with Crippen LogP contribution >= 0.6 is 0 Å². The molecule has 0 amide bonds. The molecule has 0 N–H and O–H groups in total. The third-order valence-corrected chi connectivity index (χ3v) is 15.0. The zero-order valence-corrected chi connectivity index (χ0v) is 51.5. The SMILES string of the molecule is CC/C=C\C/C=C\C/C=C\C/C=C\C/C=C\CCCCCCCC(=O)OCC(COC(=O)CCCCCCCCCCCCCCCCCCCCC)OC(=O)CCCCCCCCCCCCCCCCCCCCC. The van der Waals surface area contributed by atoms with Gasteiger partial charge in [-0.25, -0.2) is 0 Å². The van der Waals surface area contributed by atoms with E-state index in [1.165, 1.54) is 205 Å². The minimum absolute atomic E-state index is 0.0753. The number of rotatable bonds is 62. The van der Waals surface area contributed by atoms with Crippen molar-refractivity contribution in [2.45, 2.75) is 361 Å². The lowest BCUT2D eigenvalue weighted by molar-refractivity contribution is -0.167. The van der Waals surface area contributed by atoms with Crippen molar-refractivity contribution in [3.8, 4) is 0 Å². The minimum Gasteiger partial charge on any atom is -0.462 e. The molecule has 448 valence electrons. The zero-order chi connectivity index (χ0) is 55.7. The lowest BCUT2D eigenvalue weighted by atomic mass is 10.0. The van der Waals surface area contributed by atoms with E-state index in [0.717, 1.165) is 109 Å². The number of esters is 3. The normalized spacial score (nSPS) is 12.4. The maximum atomic E-state index is 12.9. The van der Waals surface area contributed by atoms with Crippen LogP contribution in [0.3, 0.4) is 0 Å². The van der Waals surface area contributed by atoms with Crippen LogP contribution in [-0.4, -0.2) is 37.2 Å². The summed E-state index contributed by atoms with van der Waals surface area (Å²) in [7, 11) is 0. The van der Waals surface area contributed by atoms with E-state index in [0.29, 0.717) is 19.3 Å². The molecule has 0 spiro atoms. The largest absolute Gasteiger partial charge is 0.462 e. The van der Waals surface area contributed by atoms with Crippen LogP contribution in [0.15, 0.2) is 60.8 Å². The summed E-state index contributed by atoms with van der Waals surface area (Å²) in [6.45, 7) is 6.58. The molecule has 6 heteroatoms. The van der Waals surface area contributed by atoms with E-state index >= 15 is 0 Å². The summed E-state index contributed by atoms with van der Waals surface area (Å²) in [5.74, 6) is -0.869. The maximum absolute atomic E-state index is 12.9. The average molecular weight is 1080 g/mol. The van der Waals surface area contributed by atoms with Gasteiger partial charge in [-0.2, -0.15) is 0 Å². The third-order valence-electron chi connectivity index (χ3n) is 15.0. The fraction of sp³-hybridized carbons (Fsp3) is 0.817. The first-order valence-corrected chi connectivity index (χ1v) is 33.8. The molecule has 0 rings (SSSR count). The summed E-state index contributed by atoms with van der Waals surface area (Å²) >= 11 is 0. The van der Waals surface area contributed by atoms with Crippen LogP contribution in [0.2, 0.25) is 0 Å². The van der Waals surface area contributed by atoms with Gasteiger partial charge in [-0.1, -0.05) is 332 Å². The molecular weight excluding hydrogens is 949 g/mol. The Hall–Kier alpha value is -2.89. The van der Waals surface area contributed by atoms with Crippen LogP contribution in [0.1, 0.15) is 355 Å². The Morgan fingerprint density at radius 2 is 0.506 bits per heavy atom. The van der Waals surface area contributed by atoms with Crippen LogP contribution < -0.4 is 0 Å². The Morgan fingerprint density at radius 1 is 0.273 bits per heavy atom. The molecular formula is C71H128O6. The smallest absolute Gasteiger partial charge is 0.306 e. The van der Waals surface area contributed by atoms with Crippen LogP contribution in [-0.2, 0) is 28.6 Å². The van der Waals surface area contributed by atoms with Crippen LogP contribution in [0.5, 0.6) is 0 Å². The summed E-state index contributed by atoms with van der Waals surface area (Å²) in [6, 6.07) is 0. The zero-order valence-electron chi connectivity index (χ0n) is 51.5. The first kappa shape index (κ1) is 74.1. The summed E-state index contributed by atoms with van der Waals surface area (Å²) in [5, 5.41) is 0. The van der Waals surface area contributed by atoms with E-state index in [9.17, 15) is 14.4 Å². The Balaban J connectivity index is 4.37. The van der Waals surface area contributed by atoms with Gasteiger partial charge in [-0.3, -0.25) is 14.4 Å². The van der Waals surface area contributed by atoms with E-state index < -0.39 is 6.10 Å². The van der Waals surface area contributed by atoms with Gasteiger partial charge in [0, 0.05) is 19.3 Å². The van der Waals surface area contributed by atoms with Crippen molar-refractivity contribution in [1.82, 2.24) is 0 Å². The van der Waals surface area contributed by atoms with E-state index in [2.05, 4.69) is 81.5 Å². The van der Waals surface area contributed by atoms with E-state index in [4.69, 9.17) is 14.2 Å². The predicted molar refractivity (Wildman–Crippen MR) is 335 cm³/mol. The number of allylic oxidation sites excluding steroid dienone is 10. The summed E-state index contributed by atoms with van der Waals surface area (Å²) in [6.07, 6.45) is 83.7. The molecule has 0 saturated carbocycles. The van der Waals surface area contributed by atoms with E-state index in [-0.39, 0.29) is 31.1 Å². The summed E-state index contributed by atoms with van der Waals surface area (Å²) in [5.41, 5.74) is 0. The topological polar surface area (TPSA) is 78.9 Å². The molecule has 0 saturated heterocycles. The minimum atomic E-state index is -0.781. The second-order valence-corrected chi connectivity index (χ2v) is 22.7. The molecule has 0 aromatic rings. The average Bonchev–Trinajstić information content (AvgIpc) is 3.43. The highest BCUT2D eigenvalue weighted by Gasteiger charge is 2.19. The Morgan fingerprint density at radius 3 is 0.792 bits per heavy atom. The Bertz CT molecular complexity index is 1380. The molecule has 0 aliphatic heterocycles. The van der Waals surface area contributed by atoms with Gasteiger partial charge in [-0.15, -0.1) is 0 Å². The number of hydrogen-bond acceptors (Lipinski definition) is 6. The second-order valence-electron chi connectivity index (χ2n) is 22.7. The van der Waals surface area contributed by atoms with Gasteiger partial charge < -0.3 is 14.2 Å². The first-order valence-electron chi connectivity index (χ1n) is 33.8. The van der Waals surface area contributed by atoms with Crippen molar-refractivity contribution in [3.63, 3.8) is 0 Å². The van der Waals surface area contributed by atoms with Gasteiger partial charge in [0.1, 0.15) is 13.2 Å². The van der Waals surface area contributed by atoms with Crippen molar-refractivity contribution in [3.05, 3.63) is 60.8 Å². The fourth-order valence-electron chi connectivity index (χ4n) is 10.0. The second kappa shape index (κ2) is 65.6. The molecule has 0 aromatic heterocycles. The lowest BCUT2D eigenvalue weighted by Gasteiger charge is -2.18. The number of carbonyl (C=O) groups excluding carboxylic acids is 3. The fourth-order valence-corrected chi connectivity index (χ4v) is 10.0. The molecule has 77 heavy (non-hydrogen) atoms. The molecule has 0 bridgehead atoms. The van der Waals surface area contributed by atoms with Crippen molar-refractivity contribution >= 4 is 17.9 Å². The molecule has 0 fully saturated rings. The molecule has 0 aliphatic rings. The van der Waals surface area contributed by atoms with E-state index in [1.54, 1.807) is 0 Å². The van der Waals surface area contributed by atoms with Crippen molar-refractivity contribution in [1.29, 1.82) is 0 Å². The summed E-state index contributed by atoms with van der Waals surface area (Å²) < 4.78 is 17.0. The standard InChI is InChI=1S/C71H128O6/c1-4-7-10-13-16-19-22-25-28-31-34-35-38-40-43-46-49-52-55-58-61-64-70(73)76-67-68(77-71(74)65-62-59-56-53-50-47-44-41-37-33-30-27-24-21-18-15-12-9-6-3)66-75-69(72)63-60-57-54-51-48-45-42-39-36-32-29-26-23-20-17-14-11-8-5-2/h7,10,16,19,25,28,34-35,40,43,68H,4-6,8-9,11-15,17-18,20-24,26-27,29-33,36-39,41-42,44-67H2,1-3H3/b10-7-,19-16-,28-25-,35-34-,43-40-.